The Balaban J connectivity index is 1.95. The van der Waals surface area contributed by atoms with E-state index in [1.807, 2.05) is 18.2 Å². The zero-order valence-electron chi connectivity index (χ0n) is 11.9. The van der Waals surface area contributed by atoms with E-state index >= 15 is 0 Å². The second-order valence-corrected chi connectivity index (χ2v) is 7.90. The Labute approximate surface area is 129 Å². The Kier molecular flexibility index (Phi) is 4.97. The van der Waals surface area contributed by atoms with Gasteiger partial charge < -0.3 is 4.74 Å². The molecule has 0 heterocycles. The Morgan fingerprint density at radius 1 is 1.37 bits per heavy atom. The molecule has 1 aromatic carbocycles. The van der Waals surface area contributed by atoms with Gasteiger partial charge in [0.2, 0.25) is 0 Å². The fourth-order valence-electron chi connectivity index (χ4n) is 3.23. The first kappa shape index (κ1) is 15.3. The van der Waals surface area contributed by atoms with Crippen LogP contribution in [-0.4, -0.2) is 6.10 Å². The van der Waals surface area contributed by atoms with E-state index in [9.17, 15) is 0 Å². The van der Waals surface area contributed by atoms with Crippen LogP contribution in [0.2, 0.25) is 5.02 Å². The summed E-state index contributed by atoms with van der Waals surface area (Å²) in [7, 11) is 0. The van der Waals surface area contributed by atoms with Crippen molar-refractivity contribution in [3.63, 3.8) is 0 Å². The Hall–Kier alpha value is -0.0500. The maximum absolute atomic E-state index is 6.22. The molecule has 2 rings (SSSR count). The third-order valence-corrected chi connectivity index (χ3v) is 4.68. The molecule has 0 saturated heterocycles. The molecule has 0 radical (unpaired) electrons. The van der Waals surface area contributed by atoms with Gasteiger partial charge in [-0.25, -0.2) is 0 Å². The average Bonchev–Trinajstić information content (AvgIpc) is 2.25. The van der Waals surface area contributed by atoms with Gasteiger partial charge in [-0.05, 0) is 48.3 Å². The highest BCUT2D eigenvalue weighted by molar-refractivity contribution is 9.10. The molecule has 1 aromatic rings. The zero-order valence-corrected chi connectivity index (χ0v) is 14.2. The monoisotopic (exact) mass is 344 g/mol. The highest BCUT2D eigenvalue weighted by atomic mass is 79.9. The molecular formula is C16H22BrClO. The highest BCUT2D eigenvalue weighted by Gasteiger charge is 2.32. The first-order chi connectivity index (χ1) is 8.85. The summed E-state index contributed by atoms with van der Waals surface area (Å²) in [6.45, 7) is 7.61. The standard InChI is InChI=1S/C16H22BrClO/c1-11-6-14(9-16(2,3)8-11)19-10-12-4-5-13(17)7-15(12)18/h4-5,7,11,14H,6,8-10H2,1-3H3. The molecule has 2 atom stereocenters. The van der Waals surface area contributed by atoms with E-state index < -0.39 is 0 Å². The average molecular weight is 346 g/mol. The maximum atomic E-state index is 6.22. The summed E-state index contributed by atoms with van der Waals surface area (Å²) in [6, 6.07) is 5.97. The Morgan fingerprint density at radius 3 is 2.74 bits per heavy atom. The highest BCUT2D eigenvalue weighted by Crippen LogP contribution is 2.40. The molecule has 1 nitrogen and oxygen atoms in total. The van der Waals surface area contributed by atoms with Crippen molar-refractivity contribution in [2.75, 3.05) is 0 Å². The molecule has 0 aliphatic heterocycles. The third-order valence-electron chi connectivity index (χ3n) is 3.84. The first-order valence-corrected chi connectivity index (χ1v) is 8.08. The van der Waals surface area contributed by atoms with Crippen molar-refractivity contribution in [1.82, 2.24) is 0 Å². The van der Waals surface area contributed by atoms with Crippen LogP contribution in [0.5, 0.6) is 0 Å². The van der Waals surface area contributed by atoms with E-state index in [1.54, 1.807) is 0 Å². The number of hydrogen-bond donors (Lipinski definition) is 0. The van der Waals surface area contributed by atoms with Crippen LogP contribution in [0, 0.1) is 11.3 Å². The summed E-state index contributed by atoms with van der Waals surface area (Å²) in [5.41, 5.74) is 1.46. The van der Waals surface area contributed by atoms with E-state index in [0.29, 0.717) is 18.1 Å². The summed E-state index contributed by atoms with van der Waals surface area (Å²) in [5.74, 6) is 0.745. The molecular weight excluding hydrogens is 324 g/mol. The molecule has 0 aromatic heterocycles. The number of ether oxygens (including phenoxy) is 1. The van der Waals surface area contributed by atoms with Gasteiger partial charge in [-0.3, -0.25) is 0 Å². The van der Waals surface area contributed by atoms with E-state index in [0.717, 1.165) is 33.8 Å². The van der Waals surface area contributed by atoms with Crippen LogP contribution in [-0.2, 0) is 11.3 Å². The lowest BCUT2D eigenvalue weighted by Crippen LogP contribution is -2.32. The molecule has 19 heavy (non-hydrogen) atoms. The molecule has 1 aliphatic rings. The van der Waals surface area contributed by atoms with Gasteiger partial charge in [-0.2, -0.15) is 0 Å². The van der Waals surface area contributed by atoms with E-state index in [1.165, 1.54) is 6.42 Å². The first-order valence-electron chi connectivity index (χ1n) is 6.91. The van der Waals surface area contributed by atoms with Crippen LogP contribution in [0.25, 0.3) is 0 Å². The fraction of sp³-hybridized carbons (Fsp3) is 0.625. The van der Waals surface area contributed by atoms with E-state index in [4.69, 9.17) is 16.3 Å². The minimum Gasteiger partial charge on any atom is -0.373 e. The van der Waals surface area contributed by atoms with Gasteiger partial charge in [0, 0.05) is 9.50 Å². The van der Waals surface area contributed by atoms with Crippen molar-refractivity contribution < 1.29 is 4.74 Å². The summed E-state index contributed by atoms with van der Waals surface area (Å²) < 4.78 is 7.10. The van der Waals surface area contributed by atoms with Crippen LogP contribution in [0.15, 0.2) is 22.7 Å². The van der Waals surface area contributed by atoms with Crippen LogP contribution < -0.4 is 0 Å². The lowest BCUT2D eigenvalue weighted by Gasteiger charge is -2.38. The van der Waals surface area contributed by atoms with Gasteiger partial charge in [0.25, 0.3) is 0 Å². The number of halogens is 2. The predicted octanol–water partition coefficient (Wildman–Crippen LogP) is 5.83. The molecule has 0 spiro atoms. The molecule has 3 heteroatoms. The van der Waals surface area contributed by atoms with Gasteiger partial charge >= 0.3 is 0 Å². The summed E-state index contributed by atoms with van der Waals surface area (Å²) in [4.78, 5) is 0. The maximum Gasteiger partial charge on any atom is 0.0735 e. The largest absolute Gasteiger partial charge is 0.373 e. The van der Waals surface area contributed by atoms with Crippen LogP contribution in [0.3, 0.4) is 0 Å². The second-order valence-electron chi connectivity index (χ2n) is 6.58. The molecule has 1 aliphatic carbocycles. The van der Waals surface area contributed by atoms with E-state index in [-0.39, 0.29) is 0 Å². The quantitative estimate of drug-likeness (QED) is 0.669. The molecule has 0 bridgehead atoms. The lowest BCUT2D eigenvalue weighted by molar-refractivity contribution is -0.0315. The van der Waals surface area contributed by atoms with Crippen molar-refractivity contribution in [2.45, 2.75) is 52.7 Å². The number of rotatable bonds is 3. The minimum atomic E-state index is 0.360. The second kappa shape index (κ2) is 6.15. The number of hydrogen-bond acceptors (Lipinski definition) is 1. The fourth-order valence-corrected chi connectivity index (χ4v) is 3.96. The van der Waals surface area contributed by atoms with Crippen molar-refractivity contribution in [3.05, 3.63) is 33.3 Å². The molecule has 1 saturated carbocycles. The summed E-state index contributed by atoms with van der Waals surface area (Å²) in [5, 5.41) is 0.775. The van der Waals surface area contributed by atoms with Gasteiger partial charge in [0.1, 0.15) is 0 Å². The zero-order chi connectivity index (χ0) is 14.0. The van der Waals surface area contributed by atoms with Gasteiger partial charge in [0.15, 0.2) is 0 Å². The Bertz CT molecular complexity index is 444. The van der Waals surface area contributed by atoms with E-state index in [2.05, 4.69) is 36.7 Å². The van der Waals surface area contributed by atoms with Crippen molar-refractivity contribution in [2.24, 2.45) is 11.3 Å². The van der Waals surface area contributed by atoms with Gasteiger partial charge in [0.05, 0.1) is 12.7 Å². The smallest absolute Gasteiger partial charge is 0.0735 e. The van der Waals surface area contributed by atoms with Crippen LogP contribution >= 0.6 is 27.5 Å². The van der Waals surface area contributed by atoms with Crippen LogP contribution in [0.4, 0.5) is 0 Å². The van der Waals surface area contributed by atoms with Crippen molar-refractivity contribution >= 4 is 27.5 Å². The van der Waals surface area contributed by atoms with Crippen molar-refractivity contribution in [1.29, 1.82) is 0 Å². The topological polar surface area (TPSA) is 9.23 Å². The normalized spacial score (nSPS) is 26.4. The minimum absolute atomic E-state index is 0.360. The SMILES string of the molecule is CC1CC(OCc2ccc(Br)cc2Cl)CC(C)(C)C1. The summed E-state index contributed by atoms with van der Waals surface area (Å²) in [6.07, 6.45) is 3.97. The molecule has 1 fully saturated rings. The van der Waals surface area contributed by atoms with Gasteiger partial charge in [-0.15, -0.1) is 0 Å². The molecule has 2 unspecified atom stereocenters. The van der Waals surface area contributed by atoms with Crippen LogP contribution in [0.1, 0.15) is 45.6 Å². The Morgan fingerprint density at radius 2 is 2.11 bits per heavy atom. The predicted molar refractivity (Wildman–Crippen MR) is 84.5 cm³/mol. The summed E-state index contributed by atoms with van der Waals surface area (Å²) >= 11 is 9.64. The molecule has 106 valence electrons. The number of benzene rings is 1. The third kappa shape index (κ3) is 4.47. The van der Waals surface area contributed by atoms with Crippen molar-refractivity contribution in [3.8, 4) is 0 Å². The molecule has 0 amide bonds. The lowest BCUT2D eigenvalue weighted by atomic mass is 9.71. The molecule has 0 N–H and O–H groups in total. The van der Waals surface area contributed by atoms with Gasteiger partial charge in [-0.1, -0.05) is 54.4 Å².